The number of hydrogen-bond acceptors (Lipinski definition) is 4. The number of benzene rings is 4. The lowest BCUT2D eigenvalue weighted by Crippen LogP contribution is -2.42. The molecule has 0 spiro atoms. The molecule has 0 saturated carbocycles. The fourth-order valence-corrected chi connectivity index (χ4v) is 5.54. The van der Waals surface area contributed by atoms with Gasteiger partial charge in [0.2, 0.25) is 0 Å². The summed E-state index contributed by atoms with van der Waals surface area (Å²) in [6.07, 6.45) is 0. The van der Waals surface area contributed by atoms with Crippen LogP contribution in [0.4, 0.5) is 11.4 Å². The van der Waals surface area contributed by atoms with E-state index in [1.54, 1.807) is 0 Å². The third-order valence-corrected chi connectivity index (χ3v) is 8.14. The van der Waals surface area contributed by atoms with Crippen molar-refractivity contribution in [1.82, 2.24) is 0 Å². The molecule has 4 aromatic carbocycles. The highest BCUT2D eigenvalue weighted by atomic mass is 15.4. The second kappa shape index (κ2) is 11.1. The van der Waals surface area contributed by atoms with Gasteiger partial charge in [-0.3, -0.25) is 9.98 Å². The minimum Gasteiger partial charge on any atom is -0.321 e. The van der Waals surface area contributed by atoms with Crippen LogP contribution in [0.2, 0.25) is 0 Å². The number of amidine groups is 2. The first-order chi connectivity index (χ1) is 19.5. The van der Waals surface area contributed by atoms with Crippen LogP contribution in [0.15, 0.2) is 119 Å². The van der Waals surface area contributed by atoms with E-state index in [0.717, 1.165) is 36.1 Å². The Morgan fingerprint density at radius 1 is 0.475 bits per heavy atom. The molecule has 0 bridgehead atoms. The average molecular weight is 527 g/mol. The molecule has 0 saturated heterocycles. The van der Waals surface area contributed by atoms with E-state index in [-0.39, 0.29) is 12.1 Å². The topological polar surface area (TPSA) is 31.2 Å². The molecule has 2 unspecified atom stereocenters. The second-order valence-corrected chi connectivity index (χ2v) is 11.6. The lowest BCUT2D eigenvalue weighted by molar-refractivity contribution is 0.521. The molecule has 0 aromatic heterocycles. The van der Waals surface area contributed by atoms with Gasteiger partial charge >= 0.3 is 0 Å². The zero-order valence-electron chi connectivity index (χ0n) is 23.9. The summed E-state index contributed by atoms with van der Waals surface area (Å²) in [6, 6.07) is 39.4. The van der Waals surface area contributed by atoms with Gasteiger partial charge in [0, 0.05) is 24.5 Å². The van der Waals surface area contributed by atoms with Crippen LogP contribution in [-0.4, -0.2) is 36.8 Å². The fraction of sp³-hybridized carbons (Fsp3) is 0.278. The highest BCUT2D eigenvalue weighted by Crippen LogP contribution is 2.32. The van der Waals surface area contributed by atoms with Crippen LogP contribution < -0.4 is 9.80 Å². The summed E-state index contributed by atoms with van der Waals surface area (Å²) in [5, 5.41) is 0. The summed E-state index contributed by atoms with van der Waals surface area (Å²) in [5.41, 5.74) is 7.23. The van der Waals surface area contributed by atoms with Gasteiger partial charge < -0.3 is 9.80 Å². The first-order valence-electron chi connectivity index (χ1n) is 14.5. The van der Waals surface area contributed by atoms with E-state index in [1.807, 2.05) is 0 Å². The van der Waals surface area contributed by atoms with Gasteiger partial charge in [-0.15, -0.1) is 0 Å². The molecule has 0 amide bonds. The Labute approximate surface area is 238 Å². The SMILES string of the molecule is CC(C)C1CN(c2ccc(-c3ccccc3)cc2)C(C2=NC(C(C)C)CN2c2ccc(-c3ccccc3)cc2)=N1. The molecule has 6 rings (SSSR count). The van der Waals surface area contributed by atoms with E-state index in [2.05, 4.69) is 147 Å². The van der Waals surface area contributed by atoms with Gasteiger partial charge in [-0.1, -0.05) is 113 Å². The molecule has 2 aliphatic heterocycles. The zero-order chi connectivity index (χ0) is 27.6. The van der Waals surface area contributed by atoms with Gasteiger partial charge in [-0.05, 0) is 58.4 Å². The Morgan fingerprint density at radius 2 is 0.800 bits per heavy atom. The molecule has 0 aliphatic carbocycles. The summed E-state index contributed by atoms with van der Waals surface area (Å²) in [7, 11) is 0. The normalized spacial score (nSPS) is 18.9. The summed E-state index contributed by atoms with van der Waals surface area (Å²) in [4.78, 5) is 15.4. The molecule has 40 heavy (non-hydrogen) atoms. The number of aliphatic imine (C=N–C) groups is 2. The van der Waals surface area contributed by atoms with Crippen molar-refractivity contribution in [3.8, 4) is 22.3 Å². The van der Waals surface area contributed by atoms with Gasteiger partial charge in [0.25, 0.3) is 0 Å². The van der Waals surface area contributed by atoms with Crippen LogP contribution >= 0.6 is 0 Å². The summed E-state index contributed by atoms with van der Waals surface area (Å²) < 4.78 is 0. The lowest BCUT2D eigenvalue weighted by Gasteiger charge is -2.27. The lowest BCUT2D eigenvalue weighted by atomic mass is 10.0. The van der Waals surface area contributed by atoms with Crippen molar-refractivity contribution in [3.63, 3.8) is 0 Å². The number of rotatable bonds is 7. The maximum Gasteiger partial charge on any atom is 0.172 e. The molecule has 202 valence electrons. The third kappa shape index (κ3) is 5.19. The minimum absolute atomic E-state index is 0.229. The molecule has 4 nitrogen and oxygen atoms in total. The zero-order valence-corrected chi connectivity index (χ0v) is 23.9. The van der Waals surface area contributed by atoms with Crippen molar-refractivity contribution in [2.75, 3.05) is 22.9 Å². The van der Waals surface area contributed by atoms with E-state index < -0.39 is 0 Å². The van der Waals surface area contributed by atoms with Crippen molar-refractivity contribution in [1.29, 1.82) is 0 Å². The third-order valence-electron chi connectivity index (χ3n) is 8.14. The highest BCUT2D eigenvalue weighted by molar-refractivity contribution is 6.50. The number of hydrogen-bond donors (Lipinski definition) is 0. The van der Waals surface area contributed by atoms with Crippen LogP contribution in [0.1, 0.15) is 27.7 Å². The Kier molecular flexibility index (Phi) is 7.25. The Bertz CT molecular complexity index is 1370. The Morgan fingerprint density at radius 3 is 1.12 bits per heavy atom. The van der Waals surface area contributed by atoms with Crippen molar-refractivity contribution in [3.05, 3.63) is 109 Å². The molecule has 0 fully saturated rings. The van der Waals surface area contributed by atoms with Crippen molar-refractivity contribution in [2.45, 2.75) is 39.8 Å². The molecule has 2 aliphatic rings. The van der Waals surface area contributed by atoms with E-state index in [4.69, 9.17) is 9.98 Å². The number of anilines is 2. The summed E-state index contributed by atoms with van der Waals surface area (Å²) in [6.45, 7) is 10.8. The van der Waals surface area contributed by atoms with Crippen LogP contribution in [-0.2, 0) is 0 Å². The maximum atomic E-state index is 5.31. The predicted molar refractivity (Wildman–Crippen MR) is 171 cm³/mol. The largest absolute Gasteiger partial charge is 0.321 e. The van der Waals surface area contributed by atoms with E-state index in [0.29, 0.717) is 11.8 Å². The van der Waals surface area contributed by atoms with Crippen molar-refractivity contribution in [2.24, 2.45) is 21.8 Å². The standard InChI is InChI=1S/C36H38N4/c1-25(2)33-23-39(31-19-15-29(16-20-31)27-11-7-5-8-12-27)35(37-33)36-38-34(26(3)4)24-40(36)32-21-17-30(18-22-32)28-13-9-6-10-14-28/h5-22,25-26,33-34H,23-24H2,1-4H3. The quantitative estimate of drug-likeness (QED) is 0.243. The van der Waals surface area contributed by atoms with E-state index in [1.165, 1.54) is 22.3 Å². The van der Waals surface area contributed by atoms with Crippen molar-refractivity contribution >= 4 is 23.0 Å². The first kappa shape index (κ1) is 26.1. The molecule has 2 heterocycles. The average Bonchev–Trinajstić information content (AvgIpc) is 3.64. The predicted octanol–water partition coefficient (Wildman–Crippen LogP) is 8.21. The van der Waals surface area contributed by atoms with Crippen LogP contribution in [0.5, 0.6) is 0 Å². The van der Waals surface area contributed by atoms with Crippen LogP contribution in [0.3, 0.4) is 0 Å². The smallest absolute Gasteiger partial charge is 0.172 e. The number of nitrogens with zero attached hydrogens (tertiary/aromatic N) is 4. The molecular formula is C36H38N4. The van der Waals surface area contributed by atoms with Gasteiger partial charge in [0.15, 0.2) is 11.7 Å². The Hall–Kier alpha value is -4.18. The van der Waals surface area contributed by atoms with Gasteiger partial charge in [0.1, 0.15) is 0 Å². The first-order valence-corrected chi connectivity index (χ1v) is 14.5. The molecule has 4 heteroatoms. The Balaban J connectivity index is 1.34. The van der Waals surface area contributed by atoms with Crippen molar-refractivity contribution < 1.29 is 0 Å². The molecular weight excluding hydrogens is 488 g/mol. The minimum atomic E-state index is 0.229. The second-order valence-electron chi connectivity index (χ2n) is 11.6. The maximum absolute atomic E-state index is 5.31. The monoisotopic (exact) mass is 526 g/mol. The fourth-order valence-electron chi connectivity index (χ4n) is 5.54. The summed E-state index contributed by atoms with van der Waals surface area (Å²) >= 11 is 0. The van der Waals surface area contributed by atoms with Gasteiger partial charge in [-0.25, -0.2) is 0 Å². The highest BCUT2D eigenvalue weighted by Gasteiger charge is 2.38. The van der Waals surface area contributed by atoms with Gasteiger partial charge in [0.05, 0.1) is 12.1 Å². The van der Waals surface area contributed by atoms with Gasteiger partial charge in [-0.2, -0.15) is 0 Å². The van der Waals surface area contributed by atoms with Crippen LogP contribution in [0.25, 0.3) is 22.3 Å². The van der Waals surface area contributed by atoms with E-state index >= 15 is 0 Å². The van der Waals surface area contributed by atoms with Crippen LogP contribution in [0, 0.1) is 11.8 Å². The molecule has 0 N–H and O–H groups in total. The van der Waals surface area contributed by atoms with E-state index in [9.17, 15) is 0 Å². The molecule has 2 atom stereocenters. The summed E-state index contributed by atoms with van der Waals surface area (Å²) in [5.74, 6) is 2.87. The molecule has 0 radical (unpaired) electrons. The molecule has 4 aromatic rings.